The van der Waals surface area contributed by atoms with E-state index in [1.54, 1.807) is 0 Å². The van der Waals surface area contributed by atoms with Crippen LogP contribution in [-0.2, 0) is 16.0 Å². The predicted octanol–water partition coefficient (Wildman–Crippen LogP) is 2.27. The standard InChI is InChI=1S/C17H22N2O2/c1-3-10-18-15(20)17(8-9-17)16(21)19-12(2)11-13-6-4-5-7-14(13)19/h4-7,12H,3,8-11H2,1-2H3,(H,18,20). The molecule has 2 amide bonds. The molecule has 1 heterocycles. The van der Waals surface area contributed by atoms with Crippen LogP contribution >= 0.6 is 0 Å². The zero-order valence-electron chi connectivity index (χ0n) is 12.7. The highest BCUT2D eigenvalue weighted by Gasteiger charge is 2.59. The van der Waals surface area contributed by atoms with Gasteiger partial charge in [-0.05, 0) is 44.2 Å². The van der Waals surface area contributed by atoms with Crippen molar-refractivity contribution in [1.82, 2.24) is 5.32 Å². The maximum absolute atomic E-state index is 13.0. The molecule has 2 aliphatic rings. The van der Waals surface area contributed by atoms with Gasteiger partial charge in [0.1, 0.15) is 5.41 Å². The van der Waals surface area contributed by atoms with Crippen molar-refractivity contribution in [2.75, 3.05) is 11.4 Å². The van der Waals surface area contributed by atoms with Gasteiger partial charge in [-0.25, -0.2) is 0 Å². The number of fused-ring (bicyclic) bond motifs is 1. The van der Waals surface area contributed by atoms with Gasteiger partial charge >= 0.3 is 0 Å². The number of carbonyl (C=O) groups excluding carboxylic acids is 2. The largest absolute Gasteiger partial charge is 0.355 e. The second kappa shape index (κ2) is 5.17. The molecule has 3 rings (SSSR count). The van der Waals surface area contributed by atoms with E-state index in [-0.39, 0.29) is 17.9 Å². The van der Waals surface area contributed by atoms with Crippen LogP contribution in [0.5, 0.6) is 0 Å². The van der Waals surface area contributed by atoms with Crippen molar-refractivity contribution >= 4 is 17.5 Å². The minimum absolute atomic E-state index is 0.0199. The number of carbonyl (C=O) groups is 2. The second-order valence-electron chi connectivity index (χ2n) is 6.20. The first-order valence-electron chi connectivity index (χ1n) is 7.80. The third-order valence-electron chi connectivity index (χ3n) is 4.56. The van der Waals surface area contributed by atoms with Gasteiger partial charge in [-0.3, -0.25) is 9.59 Å². The smallest absolute Gasteiger partial charge is 0.242 e. The molecule has 1 atom stereocenters. The molecule has 1 saturated carbocycles. The summed E-state index contributed by atoms with van der Waals surface area (Å²) in [6.45, 7) is 4.71. The Morgan fingerprint density at radius 2 is 2.05 bits per heavy atom. The van der Waals surface area contributed by atoms with E-state index in [4.69, 9.17) is 0 Å². The fourth-order valence-electron chi connectivity index (χ4n) is 3.18. The van der Waals surface area contributed by atoms with E-state index in [2.05, 4.69) is 18.3 Å². The average Bonchev–Trinajstić information content (AvgIpc) is 3.22. The van der Waals surface area contributed by atoms with Crippen LogP contribution in [0.4, 0.5) is 5.69 Å². The Labute approximate surface area is 125 Å². The Kier molecular flexibility index (Phi) is 3.47. The third kappa shape index (κ3) is 2.23. The quantitative estimate of drug-likeness (QED) is 0.863. The van der Waals surface area contributed by atoms with Gasteiger partial charge in [-0.15, -0.1) is 0 Å². The van der Waals surface area contributed by atoms with Crippen LogP contribution in [0, 0.1) is 5.41 Å². The van der Waals surface area contributed by atoms with Gasteiger partial charge in [-0.1, -0.05) is 25.1 Å². The van der Waals surface area contributed by atoms with Crippen molar-refractivity contribution in [2.24, 2.45) is 5.41 Å². The molecule has 0 spiro atoms. The molecular formula is C17H22N2O2. The molecule has 4 nitrogen and oxygen atoms in total. The molecule has 0 radical (unpaired) electrons. The molecule has 112 valence electrons. The van der Waals surface area contributed by atoms with Crippen LogP contribution in [-0.4, -0.2) is 24.4 Å². The summed E-state index contributed by atoms with van der Waals surface area (Å²) < 4.78 is 0. The lowest BCUT2D eigenvalue weighted by Crippen LogP contribution is -2.47. The van der Waals surface area contributed by atoms with E-state index in [0.717, 1.165) is 18.5 Å². The predicted molar refractivity (Wildman–Crippen MR) is 82.1 cm³/mol. The highest BCUT2D eigenvalue weighted by molar-refractivity contribution is 6.14. The van der Waals surface area contributed by atoms with E-state index in [1.165, 1.54) is 5.56 Å². The lowest BCUT2D eigenvalue weighted by molar-refractivity contribution is -0.135. The lowest BCUT2D eigenvalue weighted by atomic mass is 10.0. The van der Waals surface area contributed by atoms with Gasteiger partial charge in [0.15, 0.2) is 0 Å². The van der Waals surface area contributed by atoms with Gasteiger partial charge in [0.05, 0.1) is 0 Å². The van der Waals surface area contributed by atoms with E-state index in [0.29, 0.717) is 19.4 Å². The van der Waals surface area contributed by atoms with Crippen molar-refractivity contribution < 1.29 is 9.59 Å². The molecule has 1 aliphatic carbocycles. The normalized spacial score (nSPS) is 21.8. The third-order valence-corrected chi connectivity index (χ3v) is 4.56. The van der Waals surface area contributed by atoms with Crippen molar-refractivity contribution in [3.63, 3.8) is 0 Å². The average molecular weight is 286 g/mol. The minimum atomic E-state index is -0.805. The number of rotatable bonds is 4. The molecule has 1 N–H and O–H groups in total. The van der Waals surface area contributed by atoms with Crippen LogP contribution in [0.2, 0.25) is 0 Å². The molecule has 1 aromatic rings. The Bertz CT molecular complexity index is 578. The van der Waals surface area contributed by atoms with Gasteiger partial charge < -0.3 is 10.2 Å². The Balaban J connectivity index is 1.84. The Morgan fingerprint density at radius 3 is 2.71 bits per heavy atom. The summed E-state index contributed by atoms with van der Waals surface area (Å²) in [6, 6.07) is 8.13. The number of hydrogen-bond donors (Lipinski definition) is 1. The number of hydrogen-bond acceptors (Lipinski definition) is 2. The van der Waals surface area contributed by atoms with Crippen LogP contribution in [0.15, 0.2) is 24.3 Å². The van der Waals surface area contributed by atoms with Gasteiger partial charge in [0.25, 0.3) is 0 Å². The van der Waals surface area contributed by atoms with Gasteiger partial charge in [0, 0.05) is 18.3 Å². The molecule has 0 saturated heterocycles. The molecular weight excluding hydrogens is 264 g/mol. The van der Waals surface area contributed by atoms with Crippen LogP contribution in [0.25, 0.3) is 0 Å². The maximum atomic E-state index is 13.0. The minimum Gasteiger partial charge on any atom is -0.355 e. The monoisotopic (exact) mass is 286 g/mol. The molecule has 21 heavy (non-hydrogen) atoms. The molecule has 1 unspecified atom stereocenters. The fourth-order valence-corrected chi connectivity index (χ4v) is 3.18. The van der Waals surface area contributed by atoms with Crippen LogP contribution in [0.3, 0.4) is 0 Å². The first kappa shape index (κ1) is 14.1. The first-order chi connectivity index (χ1) is 10.1. The van der Waals surface area contributed by atoms with Crippen LogP contribution in [0.1, 0.15) is 38.7 Å². The van der Waals surface area contributed by atoms with Gasteiger partial charge in [0.2, 0.25) is 11.8 Å². The molecule has 1 aromatic carbocycles. The highest BCUT2D eigenvalue weighted by Crippen LogP contribution is 2.49. The van der Waals surface area contributed by atoms with Crippen molar-refractivity contribution in [2.45, 2.75) is 45.6 Å². The number of anilines is 1. The highest BCUT2D eigenvalue weighted by atomic mass is 16.2. The van der Waals surface area contributed by atoms with E-state index < -0.39 is 5.41 Å². The van der Waals surface area contributed by atoms with Crippen molar-refractivity contribution in [3.05, 3.63) is 29.8 Å². The van der Waals surface area contributed by atoms with Crippen molar-refractivity contribution in [3.8, 4) is 0 Å². The lowest BCUT2D eigenvalue weighted by Gasteiger charge is -2.27. The summed E-state index contributed by atoms with van der Waals surface area (Å²) in [5.74, 6) is -0.112. The summed E-state index contributed by atoms with van der Waals surface area (Å²) in [7, 11) is 0. The number of nitrogens with one attached hydrogen (secondary N) is 1. The van der Waals surface area contributed by atoms with E-state index >= 15 is 0 Å². The number of amides is 2. The van der Waals surface area contributed by atoms with Crippen molar-refractivity contribution in [1.29, 1.82) is 0 Å². The molecule has 1 fully saturated rings. The Morgan fingerprint density at radius 1 is 1.33 bits per heavy atom. The molecule has 0 bridgehead atoms. The summed E-state index contributed by atoms with van der Waals surface area (Å²) in [4.78, 5) is 27.2. The first-order valence-corrected chi connectivity index (χ1v) is 7.80. The summed E-state index contributed by atoms with van der Waals surface area (Å²) >= 11 is 0. The SMILES string of the molecule is CCCNC(=O)C1(C(=O)N2c3ccccc3CC2C)CC1. The topological polar surface area (TPSA) is 49.4 Å². The fraction of sp³-hybridized carbons (Fsp3) is 0.529. The number of para-hydroxylation sites is 1. The van der Waals surface area contributed by atoms with Gasteiger partial charge in [-0.2, -0.15) is 0 Å². The summed E-state index contributed by atoms with van der Waals surface area (Å²) in [6.07, 6.45) is 3.10. The maximum Gasteiger partial charge on any atom is 0.242 e. The molecule has 0 aromatic heterocycles. The number of benzene rings is 1. The molecule has 4 heteroatoms. The zero-order chi connectivity index (χ0) is 15.0. The summed E-state index contributed by atoms with van der Waals surface area (Å²) in [5.41, 5.74) is 1.37. The zero-order valence-corrected chi connectivity index (χ0v) is 12.7. The van der Waals surface area contributed by atoms with Crippen LogP contribution < -0.4 is 10.2 Å². The molecule has 1 aliphatic heterocycles. The Hall–Kier alpha value is -1.84. The number of nitrogens with zero attached hydrogens (tertiary/aromatic N) is 1. The van der Waals surface area contributed by atoms with E-state index in [9.17, 15) is 9.59 Å². The summed E-state index contributed by atoms with van der Waals surface area (Å²) in [5, 5.41) is 2.89. The second-order valence-corrected chi connectivity index (χ2v) is 6.20. The van der Waals surface area contributed by atoms with E-state index in [1.807, 2.05) is 30.0 Å².